The predicted octanol–water partition coefficient (Wildman–Crippen LogP) is 3.56. The number of nitrogens with zero attached hydrogens (tertiary/aromatic N) is 1. The Morgan fingerprint density at radius 3 is 2.44 bits per heavy atom. The van der Waals surface area contributed by atoms with Gasteiger partial charge in [-0.15, -0.1) is 0 Å². The minimum atomic E-state index is -0.568. The Kier molecular flexibility index (Phi) is 9.71. The fourth-order valence-corrected chi connectivity index (χ4v) is 4.96. The average molecular weight is 447 g/mol. The first-order valence-corrected chi connectivity index (χ1v) is 12.0. The Morgan fingerprint density at radius 1 is 1.25 bits per heavy atom. The summed E-state index contributed by atoms with van der Waals surface area (Å²) in [6.45, 7) is 12.1. The van der Waals surface area contributed by atoms with E-state index in [0.717, 1.165) is 19.3 Å². The zero-order chi connectivity index (χ0) is 23.9. The molecule has 5 atom stereocenters. The maximum Gasteiger partial charge on any atom is 0.323 e. The summed E-state index contributed by atoms with van der Waals surface area (Å²) < 4.78 is 5.78. The van der Waals surface area contributed by atoms with Gasteiger partial charge in [-0.3, -0.25) is 14.5 Å². The number of rotatable bonds is 10. The summed E-state index contributed by atoms with van der Waals surface area (Å²) >= 11 is 0. The normalized spacial score (nSPS) is 22.2. The van der Waals surface area contributed by atoms with Gasteiger partial charge < -0.3 is 15.2 Å². The summed E-state index contributed by atoms with van der Waals surface area (Å²) in [5.41, 5.74) is 0.630. The number of hydrogen-bond acceptors (Lipinski definition) is 5. The van der Waals surface area contributed by atoms with Crippen molar-refractivity contribution in [3.63, 3.8) is 0 Å². The second-order valence-corrected chi connectivity index (χ2v) is 10.2. The minimum Gasteiger partial charge on any atom is -0.459 e. The van der Waals surface area contributed by atoms with Crippen LogP contribution in [0.4, 0.5) is 0 Å². The SMILES string of the molecule is CCC[C@@H](C(C)NC(C)=O)[C@H](Cc1ccccc1)N1CC(CO)CC1C(=O)OC(C)(C)C. The first kappa shape index (κ1) is 26.3. The van der Waals surface area contributed by atoms with Crippen LogP contribution in [-0.4, -0.2) is 58.8 Å². The summed E-state index contributed by atoms with van der Waals surface area (Å²) in [6.07, 6.45) is 3.27. The fourth-order valence-electron chi connectivity index (χ4n) is 4.96. The van der Waals surface area contributed by atoms with Gasteiger partial charge in [-0.05, 0) is 64.4 Å². The van der Waals surface area contributed by atoms with Crippen LogP contribution in [0.2, 0.25) is 0 Å². The van der Waals surface area contributed by atoms with Crippen molar-refractivity contribution in [1.29, 1.82) is 0 Å². The van der Waals surface area contributed by atoms with Crippen LogP contribution in [-0.2, 0) is 20.7 Å². The van der Waals surface area contributed by atoms with E-state index in [4.69, 9.17) is 4.74 Å². The largest absolute Gasteiger partial charge is 0.459 e. The van der Waals surface area contributed by atoms with Gasteiger partial charge in [0.05, 0.1) is 0 Å². The van der Waals surface area contributed by atoms with Crippen molar-refractivity contribution in [2.24, 2.45) is 11.8 Å². The van der Waals surface area contributed by atoms with Crippen molar-refractivity contribution >= 4 is 11.9 Å². The molecule has 1 aliphatic heterocycles. The highest BCUT2D eigenvalue weighted by Gasteiger charge is 2.45. The summed E-state index contributed by atoms with van der Waals surface area (Å²) in [5.74, 6) is -0.0834. The van der Waals surface area contributed by atoms with E-state index in [1.165, 1.54) is 5.56 Å². The van der Waals surface area contributed by atoms with Crippen LogP contribution in [0.3, 0.4) is 0 Å². The molecule has 1 saturated heterocycles. The number of nitrogens with one attached hydrogen (secondary N) is 1. The van der Waals surface area contributed by atoms with E-state index >= 15 is 0 Å². The zero-order valence-electron chi connectivity index (χ0n) is 20.6. The molecule has 1 amide bonds. The van der Waals surface area contributed by atoms with Gasteiger partial charge in [0.1, 0.15) is 11.6 Å². The molecule has 2 rings (SSSR count). The van der Waals surface area contributed by atoms with Gasteiger partial charge in [0.25, 0.3) is 0 Å². The molecule has 2 N–H and O–H groups in total. The molecule has 6 heteroatoms. The number of benzene rings is 1. The molecule has 1 heterocycles. The molecule has 1 fully saturated rings. The number of carbonyl (C=O) groups is 2. The molecule has 0 spiro atoms. The average Bonchev–Trinajstić information content (AvgIpc) is 3.14. The molecule has 1 aromatic rings. The Morgan fingerprint density at radius 2 is 1.91 bits per heavy atom. The van der Waals surface area contributed by atoms with Gasteiger partial charge in [-0.1, -0.05) is 43.7 Å². The lowest BCUT2D eigenvalue weighted by atomic mass is 9.83. The Balaban J connectivity index is 2.43. The standard InChI is InChI=1S/C26H42N2O4/c1-7-11-22(18(2)27-19(3)30)23(14-20-12-9-8-10-13-20)28-16-21(17-29)15-24(28)25(31)32-26(4,5)6/h8-10,12-13,18,21-24,29H,7,11,14-17H2,1-6H3,(H,27,30)/t18?,21?,22-,23-,24?/m0/s1. The van der Waals surface area contributed by atoms with Crippen molar-refractivity contribution in [1.82, 2.24) is 10.2 Å². The first-order chi connectivity index (χ1) is 15.1. The topological polar surface area (TPSA) is 78.9 Å². The fraction of sp³-hybridized carbons (Fsp3) is 0.692. The van der Waals surface area contributed by atoms with E-state index in [0.29, 0.717) is 13.0 Å². The van der Waals surface area contributed by atoms with E-state index in [2.05, 4.69) is 36.2 Å². The van der Waals surface area contributed by atoms with Crippen molar-refractivity contribution in [3.05, 3.63) is 35.9 Å². The summed E-state index contributed by atoms with van der Waals surface area (Å²) in [5, 5.41) is 13.0. The summed E-state index contributed by atoms with van der Waals surface area (Å²) in [7, 11) is 0. The Bertz CT molecular complexity index is 731. The Labute approximate surface area is 193 Å². The number of esters is 1. The highest BCUT2D eigenvalue weighted by molar-refractivity contribution is 5.76. The molecule has 6 nitrogen and oxygen atoms in total. The number of hydrogen-bond donors (Lipinski definition) is 2. The summed E-state index contributed by atoms with van der Waals surface area (Å²) in [4.78, 5) is 27.3. The van der Waals surface area contributed by atoms with E-state index in [9.17, 15) is 14.7 Å². The van der Waals surface area contributed by atoms with Crippen LogP contribution in [0.5, 0.6) is 0 Å². The van der Waals surface area contributed by atoms with Gasteiger partial charge >= 0.3 is 5.97 Å². The van der Waals surface area contributed by atoms with Gasteiger partial charge in [0.2, 0.25) is 5.91 Å². The third-order valence-electron chi connectivity index (χ3n) is 6.27. The van der Waals surface area contributed by atoms with Gasteiger partial charge in [0.15, 0.2) is 0 Å². The highest BCUT2D eigenvalue weighted by Crippen LogP contribution is 2.34. The van der Waals surface area contributed by atoms with Crippen LogP contribution in [0.25, 0.3) is 0 Å². The monoisotopic (exact) mass is 446 g/mol. The second-order valence-electron chi connectivity index (χ2n) is 10.2. The van der Waals surface area contributed by atoms with Crippen LogP contribution in [0, 0.1) is 11.8 Å². The molecule has 0 aliphatic carbocycles. The molecule has 1 aliphatic rings. The van der Waals surface area contributed by atoms with E-state index in [1.54, 1.807) is 6.92 Å². The molecule has 3 unspecified atom stereocenters. The maximum atomic E-state index is 13.2. The van der Waals surface area contributed by atoms with Gasteiger partial charge in [-0.2, -0.15) is 0 Å². The lowest BCUT2D eigenvalue weighted by Crippen LogP contribution is -2.54. The third-order valence-corrected chi connectivity index (χ3v) is 6.27. The first-order valence-electron chi connectivity index (χ1n) is 12.0. The van der Waals surface area contributed by atoms with Crippen molar-refractivity contribution < 1.29 is 19.4 Å². The Hall–Kier alpha value is -1.92. The van der Waals surface area contributed by atoms with Crippen molar-refractivity contribution in [2.45, 2.75) is 91.0 Å². The predicted molar refractivity (Wildman–Crippen MR) is 127 cm³/mol. The number of ether oxygens (including phenoxy) is 1. The third kappa shape index (κ3) is 7.59. The maximum absolute atomic E-state index is 13.2. The number of aliphatic hydroxyl groups excluding tert-OH is 1. The molecular formula is C26H42N2O4. The minimum absolute atomic E-state index is 0.0316. The summed E-state index contributed by atoms with van der Waals surface area (Å²) in [6, 6.07) is 9.89. The number of likely N-dealkylation sites (tertiary alicyclic amines) is 1. The smallest absolute Gasteiger partial charge is 0.323 e. The number of amides is 1. The highest BCUT2D eigenvalue weighted by atomic mass is 16.6. The van der Waals surface area contributed by atoms with Crippen LogP contribution in [0.15, 0.2) is 30.3 Å². The molecular weight excluding hydrogens is 404 g/mol. The molecule has 0 saturated carbocycles. The van der Waals surface area contributed by atoms with E-state index in [-0.39, 0.29) is 42.4 Å². The molecule has 32 heavy (non-hydrogen) atoms. The van der Waals surface area contributed by atoms with Crippen molar-refractivity contribution in [2.75, 3.05) is 13.2 Å². The molecule has 1 aromatic carbocycles. The molecule has 0 radical (unpaired) electrons. The zero-order valence-corrected chi connectivity index (χ0v) is 20.6. The lowest BCUT2D eigenvalue weighted by Gasteiger charge is -2.41. The van der Waals surface area contributed by atoms with Gasteiger partial charge in [0, 0.05) is 32.2 Å². The number of aliphatic hydroxyl groups is 1. The van der Waals surface area contributed by atoms with Crippen molar-refractivity contribution in [3.8, 4) is 0 Å². The van der Waals surface area contributed by atoms with E-state index in [1.807, 2.05) is 39.0 Å². The second kappa shape index (κ2) is 11.8. The molecule has 180 valence electrons. The van der Waals surface area contributed by atoms with E-state index < -0.39 is 11.6 Å². The van der Waals surface area contributed by atoms with Gasteiger partial charge in [-0.25, -0.2) is 0 Å². The quantitative estimate of drug-likeness (QED) is 0.537. The van der Waals surface area contributed by atoms with Crippen LogP contribution >= 0.6 is 0 Å². The molecule has 0 bridgehead atoms. The van der Waals surface area contributed by atoms with Crippen LogP contribution < -0.4 is 5.32 Å². The van der Waals surface area contributed by atoms with Crippen LogP contribution in [0.1, 0.15) is 66.4 Å². The lowest BCUT2D eigenvalue weighted by molar-refractivity contribution is -0.161. The number of carbonyl (C=O) groups excluding carboxylic acids is 2. The molecule has 0 aromatic heterocycles.